The zero-order chi connectivity index (χ0) is 28.8. The molecule has 2 aromatic heterocycles. The molecule has 0 spiro atoms. The molecule has 2 N–H and O–H groups in total. The van der Waals surface area contributed by atoms with Gasteiger partial charge in [0.15, 0.2) is 0 Å². The molecule has 0 saturated heterocycles. The Morgan fingerprint density at radius 2 is 1.68 bits per heavy atom. The summed E-state index contributed by atoms with van der Waals surface area (Å²) in [7, 11) is 0. The van der Waals surface area contributed by atoms with E-state index in [9.17, 15) is 14.4 Å². The van der Waals surface area contributed by atoms with Gasteiger partial charge in [0.25, 0.3) is 0 Å². The second-order valence-corrected chi connectivity index (χ2v) is 11.3. The van der Waals surface area contributed by atoms with Crippen LogP contribution >= 0.6 is 11.3 Å². The van der Waals surface area contributed by atoms with Crippen molar-refractivity contribution >= 4 is 29.4 Å². The van der Waals surface area contributed by atoms with Gasteiger partial charge in [0.2, 0.25) is 5.91 Å². The van der Waals surface area contributed by atoms with Crippen LogP contribution in [-0.4, -0.2) is 46.2 Å². The predicted octanol–water partition coefficient (Wildman–Crippen LogP) is 5.66. The van der Waals surface area contributed by atoms with E-state index >= 15 is 0 Å². The van der Waals surface area contributed by atoms with Crippen molar-refractivity contribution < 1.29 is 23.9 Å². The SMILES string of the molecule is CC(C)(C)OC(=O)N[C@@H](CCCCNC(=O)OCc1ccccc1)C(=O)N(Cc1ccncc1)Cc1cccs1. The first-order chi connectivity index (χ1) is 19.2. The summed E-state index contributed by atoms with van der Waals surface area (Å²) in [5.41, 5.74) is 1.15. The van der Waals surface area contributed by atoms with E-state index in [2.05, 4.69) is 15.6 Å². The highest BCUT2D eigenvalue weighted by molar-refractivity contribution is 7.09. The van der Waals surface area contributed by atoms with Crippen molar-refractivity contribution in [2.24, 2.45) is 0 Å². The number of ether oxygens (including phenoxy) is 2. The van der Waals surface area contributed by atoms with Crippen LogP contribution < -0.4 is 10.6 Å². The molecular weight excluding hydrogens is 528 g/mol. The molecule has 2 heterocycles. The van der Waals surface area contributed by atoms with E-state index in [4.69, 9.17) is 9.47 Å². The Kier molecular flexibility index (Phi) is 12.0. The smallest absolute Gasteiger partial charge is 0.408 e. The van der Waals surface area contributed by atoms with Crippen molar-refractivity contribution in [3.63, 3.8) is 0 Å². The van der Waals surface area contributed by atoms with Gasteiger partial charge in [0, 0.05) is 30.4 Å². The number of hydrogen-bond donors (Lipinski definition) is 2. The number of hydrogen-bond acceptors (Lipinski definition) is 7. The summed E-state index contributed by atoms with van der Waals surface area (Å²) in [6.07, 6.45) is 3.82. The summed E-state index contributed by atoms with van der Waals surface area (Å²) in [6, 6.07) is 16.3. The number of unbranched alkanes of at least 4 members (excludes halogenated alkanes) is 1. The largest absolute Gasteiger partial charge is 0.445 e. The monoisotopic (exact) mass is 566 g/mol. The summed E-state index contributed by atoms with van der Waals surface area (Å²) in [5, 5.41) is 7.49. The first kappa shape index (κ1) is 30.6. The first-order valence-electron chi connectivity index (χ1n) is 13.3. The van der Waals surface area contributed by atoms with Gasteiger partial charge in [-0.05, 0) is 74.7 Å². The van der Waals surface area contributed by atoms with Crippen molar-refractivity contribution in [3.05, 3.63) is 88.4 Å². The Morgan fingerprint density at radius 3 is 2.35 bits per heavy atom. The number of carbonyl (C=O) groups is 3. The van der Waals surface area contributed by atoms with Crippen molar-refractivity contribution in [2.75, 3.05) is 6.54 Å². The van der Waals surface area contributed by atoms with Crippen LogP contribution in [0.1, 0.15) is 56.0 Å². The zero-order valence-electron chi connectivity index (χ0n) is 23.3. The summed E-state index contributed by atoms with van der Waals surface area (Å²) in [4.78, 5) is 45.4. The molecule has 0 unspecified atom stereocenters. The molecule has 9 nitrogen and oxygen atoms in total. The molecule has 0 bridgehead atoms. The van der Waals surface area contributed by atoms with E-state index in [0.717, 1.165) is 16.0 Å². The lowest BCUT2D eigenvalue weighted by Gasteiger charge is -2.29. The van der Waals surface area contributed by atoms with Gasteiger partial charge in [-0.3, -0.25) is 9.78 Å². The highest BCUT2D eigenvalue weighted by Gasteiger charge is 2.28. The van der Waals surface area contributed by atoms with Gasteiger partial charge < -0.3 is 25.0 Å². The van der Waals surface area contributed by atoms with Gasteiger partial charge in [0.05, 0.1) is 6.54 Å². The number of thiophene rings is 1. The van der Waals surface area contributed by atoms with Crippen molar-refractivity contribution in [3.8, 4) is 0 Å². The fourth-order valence-corrected chi connectivity index (χ4v) is 4.60. The average Bonchev–Trinajstić information content (AvgIpc) is 3.44. The number of alkyl carbamates (subject to hydrolysis) is 2. The third-order valence-electron chi connectivity index (χ3n) is 5.75. The van der Waals surface area contributed by atoms with E-state index in [1.54, 1.807) is 49.4 Å². The Morgan fingerprint density at radius 1 is 0.925 bits per heavy atom. The normalized spacial score (nSPS) is 11.8. The van der Waals surface area contributed by atoms with Gasteiger partial charge in [0.1, 0.15) is 18.2 Å². The van der Waals surface area contributed by atoms with Crippen LogP contribution in [0.5, 0.6) is 0 Å². The van der Waals surface area contributed by atoms with Crippen LogP contribution in [0.4, 0.5) is 9.59 Å². The molecule has 0 radical (unpaired) electrons. The minimum Gasteiger partial charge on any atom is -0.445 e. The lowest BCUT2D eigenvalue weighted by atomic mass is 10.1. The molecule has 1 atom stereocenters. The number of amides is 3. The van der Waals surface area contributed by atoms with E-state index in [-0.39, 0.29) is 12.5 Å². The Bertz CT molecular complexity index is 1180. The molecular formula is C30H38N4O5S. The summed E-state index contributed by atoms with van der Waals surface area (Å²) < 4.78 is 10.7. The number of carbonyl (C=O) groups excluding carboxylic acids is 3. The molecule has 40 heavy (non-hydrogen) atoms. The van der Waals surface area contributed by atoms with E-state index in [1.807, 2.05) is 60.0 Å². The van der Waals surface area contributed by atoms with Crippen molar-refractivity contribution in [2.45, 2.75) is 71.4 Å². The maximum atomic E-state index is 13.8. The maximum absolute atomic E-state index is 13.8. The molecule has 1 aromatic carbocycles. The number of nitrogens with zero attached hydrogens (tertiary/aromatic N) is 2. The highest BCUT2D eigenvalue weighted by atomic mass is 32.1. The number of nitrogens with one attached hydrogen (secondary N) is 2. The molecule has 10 heteroatoms. The van der Waals surface area contributed by atoms with E-state index in [0.29, 0.717) is 38.9 Å². The molecule has 214 valence electrons. The molecule has 0 aliphatic carbocycles. The van der Waals surface area contributed by atoms with Gasteiger partial charge >= 0.3 is 12.2 Å². The molecule has 0 fully saturated rings. The topological polar surface area (TPSA) is 110 Å². The van der Waals surface area contributed by atoms with Crippen molar-refractivity contribution in [1.82, 2.24) is 20.5 Å². The second kappa shape index (κ2) is 15.6. The molecule has 0 saturated carbocycles. The van der Waals surface area contributed by atoms with Crippen LogP contribution in [0.25, 0.3) is 0 Å². The van der Waals surface area contributed by atoms with Crippen LogP contribution in [0, 0.1) is 0 Å². The third-order valence-corrected chi connectivity index (χ3v) is 6.61. The molecule has 0 aliphatic heterocycles. The van der Waals surface area contributed by atoms with Crippen LogP contribution in [0.2, 0.25) is 0 Å². The minimum atomic E-state index is -0.790. The summed E-state index contributed by atoms with van der Waals surface area (Å²) in [6.45, 7) is 6.70. The Labute approximate surface area is 239 Å². The van der Waals surface area contributed by atoms with Crippen LogP contribution in [-0.2, 0) is 34.0 Å². The van der Waals surface area contributed by atoms with E-state index in [1.165, 1.54) is 0 Å². The summed E-state index contributed by atoms with van der Waals surface area (Å²) in [5.74, 6) is -0.202. The van der Waals surface area contributed by atoms with Crippen molar-refractivity contribution in [1.29, 1.82) is 0 Å². The molecule has 0 aliphatic rings. The zero-order valence-corrected chi connectivity index (χ0v) is 24.1. The lowest BCUT2D eigenvalue weighted by molar-refractivity contribution is -0.135. The maximum Gasteiger partial charge on any atom is 0.408 e. The van der Waals surface area contributed by atoms with Crippen LogP contribution in [0.15, 0.2) is 72.4 Å². The number of pyridine rings is 1. The van der Waals surface area contributed by atoms with E-state index < -0.39 is 23.8 Å². The highest BCUT2D eigenvalue weighted by Crippen LogP contribution is 2.17. The molecule has 3 amide bonds. The minimum absolute atomic E-state index is 0.195. The van der Waals surface area contributed by atoms with Gasteiger partial charge in [-0.15, -0.1) is 11.3 Å². The van der Waals surface area contributed by atoms with Gasteiger partial charge in [-0.2, -0.15) is 0 Å². The van der Waals surface area contributed by atoms with Crippen LogP contribution in [0.3, 0.4) is 0 Å². The van der Waals surface area contributed by atoms with Gasteiger partial charge in [-0.25, -0.2) is 9.59 Å². The molecule has 3 rings (SSSR count). The predicted molar refractivity (Wildman–Crippen MR) is 154 cm³/mol. The fourth-order valence-electron chi connectivity index (χ4n) is 3.88. The standard InChI is InChI=1S/C30H38N4O5S/c1-30(2,3)39-29(37)33-26(13-7-8-16-32-28(36)38-22-24-10-5-4-6-11-24)27(35)34(21-25-12-9-19-40-25)20-23-14-17-31-18-15-23/h4-6,9-12,14-15,17-19,26H,7-8,13,16,20-22H2,1-3H3,(H,32,36)(H,33,37)/t26-/m0/s1. The fraction of sp³-hybridized carbons (Fsp3) is 0.400. The first-order valence-corrected chi connectivity index (χ1v) is 14.2. The second-order valence-electron chi connectivity index (χ2n) is 10.3. The average molecular weight is 567 g/mol. The Hall–Kier alpha value is -3.92. The van der Waals surface area contributed by atoms with Gasteiger partial charge in [-0.1, -0.05) is 36.4 Å². The third kappa shape index (κ3) is 11.4. The summed E-state index contributed by atoms with van der Waals surface area (Å²) >= 11 is 1.57. The number of benzene rings is 1. The quantitative estimate of drug-likeness (QED) is 0.258. The number of rotatable bonds is 13. The Balaban J connectivity index is 1.59. The lowest BCUT2D eigenvalue weighted by Crippen LogP contribution is -2.49. The molecule has 3 aromatic rings. The number of aromatic nitrogens is 1.